The Bertz CT molecular complexity index is 1000. The number of carbonyl (C=O) groups excluding carboxylic acids is 1. The van der Waals surface area contributed by atoms with Crippen molar-refractivity contribution in [2.45, 2.75) is 6.42 Å². The normalized spacial score (nSPS) is 10.7. The molecule has 4 aromatic rings. The molecule has 0 aliphatic heterocycles. The molecular formula is C22H18N2O. The monoisotopic (exact) mass is 326 g/mol. The topological polar surface area (TPSA) is 44.9 Å². The number of fused-ring (bicyclic) bond motifs is 1. The fourth-order valence-electron chi connectivity index (χ4n) is 2.97. The molecule has 0 radical (unpaired) electrons. The van der Waals surface area contributed by atoms with Gasteiger partial charge in [-0.25, -0.2) is 0 Å². The molecule has 1 heterocycles. The lowest BCUT2D eigenvalue weighted by molar-refractivity contribution is -0.115. The predicted octanol–water partition coefficient (Wildman–Crippen LogP) is 5.02. The van der Waals surface area contributed by atoms with Crippen molar-refractivity contribution in [1.29, 1.82) is 0 Å². The Kier molecular flexibility index (Phi) is 4.05. The zero-order valence-electron chi connectivity index (χ0n) is 13.7. The lowest BCUT2D eigenvalue weighted by Gasteiger charge is -2.07. The van der Waals surface area contributed by atoms with E-state index in [4.69, 9.17) is 0 Å². The van der Waals surface area contributed by atoms with Crippen LogP contribution in [0.1, 0.15) is 5.56 Å². The number of hydrogen-bond donors (Lipinski definition) is 2. The highest BCUT2D eigenvalue weighted by atomic mass is 16.1. The summed E-state index contributed by atoms with van der Waals surface area (Å²) in [6.07, 6.45) is 2.26. The lowest BCUT2D eigenvalue weighted by Crippen LogP contribution is -2.14. The Balaban J connectivity index is 1.43. The van der Waals surface area contributed by atoms with Crippen LogP contribution in [0.25, 0.3) is 22.0 Å². The Morgan fingerprint density at radius 3 is 2.40 bits per heavy atom. The number of H-pyrrole nitrogens is 1. The van der Waals surface area contributed by atoms with Gasteiger partial charge in [-0.3, -0.25) is 4.79 Å². The molecule has 0 aliphatic carbocycles. The molecule has 3 nitrogen and oxygen atoms in total. The molecule has 0 atom stereocenters. The van der Waals surface area contributed by atoms with E-state index in [1.165, 1.54) is 5.56 Å². The second kappa shape index (κ2) is 6.65. The Hall–Kier alpha value is -3.33. The maximum absolute atomic E-state index is 12.3. The van der Waals surface area contributed by atoms with Crippen LogP contribution in [-0.2, 0) is 11.2 Å². The van der Waals surface area contributed by atoms with E-state index in [1.54, 1.807) is 0 Å². The van der Waals surface area contributed by atoms with E-state index in [0.717, 1.165) is 27.7 Å². The van der Waals surface area contributed by atoms with Gasteiger partial charge in [0.1, 0.15) is 0 Å². The van der Waals surface area contributed by atoms with Crippen molar-refractivity contribution < 1.29 is 4.79 Å². The molecule has 0 unspecified atom stereocenters. The molecule has 1 aromatic heterocycles. The van der Waals surface area contributed by atoms with Gasteiger partial charge in [-0.15, -0.1) is 0 Å². The number of rotatable bonds is 4. The van der Waals surface area contributed by atoms with Crippen molar-refractivity contribution in [2.75, 3.05) is 5.32 Å². The molecular weight excluding hydrogens is 308 g/mol. The zero-order valence-corrected chi connectivity index (χ0v) is 13.7. The first kappa shape index (κ1) is 15.2. The van der Waals surface area contributed by atoms with Gasteiger partial charge in [0, 0.05) is 17.4 Å². The second-order valence-corrected chi connectivity index (χ2v) is 6.07. The molecule has 4 rings (SSSR count). The average Bonchev–Trinajstić information content (AvgIpc) is 3.11. The minimum Gasteiger partial charge on any atom is -0.361 e. The van der Waals surface area contributed by atoms with E-state index >= 15 is 0 Å². The van der Waals surface area contributed by atoms with Crippen LogP contribution in [0, 0.1) is 0 Å². The molecule has 0 saturated heterocycles. The van der Waals surface area contributed by atoms with E-state index in [1.807, 2.05) is 72.9 Å². The van der Waals surface area contributed by atoms with Crippen LogP contribution < -0.4 is 5.32 Å². The largest absolute Gasteiger partial charge is 0.361 e. The third-order valence-electron chi connectivity index (χ3n) is 4.26. The molecule has 2 N–H and O–H groups in total. The molecule has 25 heavy (non-hydrogen) atoms. The fraction of sp³-hybridized carbons (Fsp3) is 0.0455. The summed E-state index contributed by atoms with van der Waals surface area (Å²) in [5.74, 6) is -0.0154. The van der Waals surface area contributed by atoms with E-state index < -0.39 is 0 Å². The Labute approximate surface area is 146 Å². The van der Waals surface area contributed by atoms with Crippen molar-refractivity contribution in [1.82, 2.24) is 4.98 Å². The van der Waals surface area contributed by atoms with E-state index in [9.17, 15) is 4.79 Å². The minimum atomic E-state index is -0.0154. The molecule has 0 aliphatic rings. The van der Waals surface area contributed by atoms with Gasteiger partial charge < -0.3 is 10.3 Å². The van der Waals surface area contributed by atoms with Crippen LogP contribution in [0.5, 0.6) is 0 Å². The molecule has 0 bridgehead atoms. The van der Waals surface area contributed by atoms with Gasteiger partial charge in [-0.2, -0.15) is 0 Å². The lowest BCUT2D eigenvalue weighted by atomic mass is 10.1. The third kappa shape index (κ3) is 3.45. The summed E-state index contributed by atoms with van der Waals surface area (Å²) in [5.41, 5.74) is 5.16. The van der Waals surface area contributed by atoms with Crippen molar-refractivity contribution in [3.63, 3.8) is 0 Å². The van der Waals surface area contributed by atoms with Gasteiger partial charge in [-0.05, 0) is 46.3 Å². The maximum atomic E-state index is 12.3. The van der Waals surface area contributed by atoms with Gasteiger partial charge in [0.25, 0.3) is 0 Å². The number of anilines is 1. The van der Waals surface area contributed by atoms with Crippen LogP contribution in [0.4, 0.5) is 5.69 Å². The number of carbonyl (C=O) groups is 1. The highest BCUT2D eigenvalue weighted by Crippen LogP contribution is 2.21. The summed E-state index contributed by atoms with van der Waals surface area (Å²) in [7, 11) is 0. The quantitative estimate of drug-likeness (QED) is 0.543. The predicted molar refractivity (Wildman–Crippen MR) is 103 cm³/mol. The highest BCUT2D eigenvalue weighted by Gasteiger charge is 2.06. The molecule has 0 spiro atoms. The fourth-order valence-corrected chi connectivity index (χ4v) is 2.97. The van der Waals surface area contributed by atoms with E-state index in [0.29, 0.717) is 6.42 Å². The summed E-state index contributed by atoms with van der Waals surface area (Å²) in [4.78, 5) is 15.5. The standard InChI is InChI=1S/C22H18N2O/c25-22(15-16-6-7-19-12-13-23-21(19)14-16)24-20-10-8-18(9-11-20)17-4-2-1-3-5-17/h1-14,23H,15H2,(H,24,25). The van der Waals surface area contributed by atoms with Crippen molar-refractivity contribution in [3.05, 3.63) is 90.6 Å². The highest BCUT2D eigenvalue weighted by molar-refractivity contribution is 5.93. The summed E-state index contributed by atoms with van der Waals surface area (Å²) in [6, 6.07) is 26.2. The SMILES string of the molecule is O=C(Cc1ccc2cc[nH]c2c1)Nc1ccc(-c2ccccc2)cc1. The number of nitrogens with one attached hydrogen (secondary N) is 2. The number of hydrogen-bond acceptors (Lipinski definition) is 1. The van der Waals surface area contributed by atoms with Gasteiger partial charge in [0.2, 0.25) is 5.91 Å². The summed E-state index contributed by atoms with van der Waals surface area (Å²) < 4.78 is 0. The first-order valence-electron chi connectivity index (χ1n) is 8.29. The summed E-state index contributed by atoms with van der Waals surface area (Å²) in [5, 5.41) is 4.12. The van der Waals surface area contributed by atoms with Gasteiger partial charge in [0.05, 0.1) is 6.42 Å². The van der Waals surface area contributed by atoms with E-state index in [-0.39, 0.29) is 5.91 Å². The number of aromatic nitrogens is 1. The molecule has 1 amide bonds. The maximum Gasteiger partial charge on any atom is 0.228 e. The van der Waals surface area contributed by atoms with Crippen molar-refractivity contribution in [3.8, 4) is 11.1 Å². The van der Waals surface area contributed by atoms with Crippen LogP contribution in [0.2, 0.25) is 0 Å². The van der Waals surface area contributed by atoms with Crippen molar-refractivity contribution >= 4 is 22.5 Å². The van der Waals surface area contributed by atoms with Crippen LogP contribution >= 0.6 is 0 Å². The van der Waals surface area contributed by atoms with Crippen LogP contribution in [0.3, 0.4) is 0 Å². The Morgan fingerprint density at radius 2 is 1.60 bits per heavy atom. The van der Waals surface area contributed by atoms with Crippen molar-refractivity contribution in [2.24, 2.45) is 0 Å². The minimum absolute atomic E-state index is 0.0154. The zero-order chi connectivity index (χ0) is 17.1. The summed E-state index contributed by atoms with van der Waals surface area (Å²) >= 11 is 0. The van der Waals surface area contributed by atoms with Gasteiger partial charge in [0.15, 0.2) is 0 Å². The van der Waals surface area contributed by atoms with Gasteiger partial charge in [-0.1, -0.05) is 54.6 Å². The first-order valence-corrected chi connectivity index (χ1v) is 8.29. The number of amides is 1. The Morgan fingerprint density at radius 1 is 0.840 bits per heavy atom. The summed E-state index contributed by atoms with van der Waals surface area (Å²) in [6.45, 7) is 0. The molecule has 3 heteroatoms. The number of benzene rings is 3. The van der Waals surface area contributed by atoms with Crippen LogP contribution in [0.15, 0.2) is 85.1 Å². The first-order chi connectivity index (χ1) is 12.3. The smallest absolute Gasteiger partial charge is 0.228 e. The molecule has 122 valence electrons. The number of aromatic amines is 1. The molecule has 0 fully saturated rings. The van der Waals surface area contributed by atoms with E-state index in [2.05, 4.69) is 22.4 Å². The second-order valence-electron chi connectivity index (χ2n) is 6.07. The average molecular weight is 326 g/mol. The van der Waals surface area contributed by atoms with Crippen LogP contribution in [-0.4, -0.2) is 10.9 Å². The third-order valence-corrected chi connectivity index (χ3v) is 4.26. The molecule has 3 aromatic carbocycles. The van der Waals surface area contributed by atoms with Gasteiger partial charge >= 0.3 is 0 Å². The molecule has 0 saturated carbocycles.